The number of rotatable bonds is 46. The summed E-state index contributed by atoms with van der Waals surface area (Å²) < 4.78 is 23.5. The largest absolute Gasteiger partial charge is 0.472 e. The topological polar surface area (TPSA) is 105 Å². The summed E-state index contributed by atoms with van der Waals surface area (Å²) in [5.41, 5.74) is 0. The number of amides is 1. The fraction of sp³-hybridized carbons (Fsp3) is 0.863. The first kappa shape index (κ1) is 58.7. The van der Waals surface area contributed by atoms with Gasteiger partial charge in [-0.2, -0.15) is 0 Å². The van der Waals surface area contributed by atoms with Gasteiger partial charge in [-0.05, 0) is 57.8 Å². The molecule has 0 saturated carbocycles. The molecule has 0 aromatic rings. The minimum Gasteiger partial charge on any atom is -0.387 e. The van der Waals surface area contributed by atoms with E-state index in [1.165, 1.54) is 173 Å². The maximum atomic E-state index is 12.9. The maximum absolute atomic E-state index is 12.9. The molecule has 9 heteroatoms. The number of unbranched alkanes of at least 4 members (excludes halogenated alkanes) is 29. The lowest BCUT2D eigenvalue weighted by Crippen LogP contribution is -2.45. The molecule has 0 aromatic heterocycles. The molecule has 8 nitrogen and oxygen atoms in total. The van der Waals surface area contributed by atoms with Crippen LogP contribution < -0.4 is 5.32 Å². The summed E-state index contributed by atoms with van der Waals surface area (Å²) in [6.45, 7) is 4.75. The van der Waals surface area contributed by atoms with Gasteiger partial charge in [0, 0.05) is 6.42 Å². The molecule has 0 saturated heterocycles. The summed E-state index contributed by atoms with van der Waals surface area (Å²) in [5, 5.41) is 13.8. The molecule has 60 heavy (non-hydrogen) atoms. The highest BCUT2D eigenvalue weighted by atomic mass is 31.2. The number of nitrogens with zero attached hydrogens (tertiary/aromatic N) is 1. The minimum atomic E-state index is -4.34. The Bertz CT molecular complexity index is 1070. The monoisotopic (exact) mass is 868 g/mol. The first-order valence-electron chi connectivity index (χ1n) is 25.4. The number of aliphatic hydroxyl groups excluding tert-OH is 1. The summed E-state index contributed by atoms with van der Waals surface area (Å²) in [6, 6.07) is -0.860. The lowest BCUT2D eigenvalue weighted by atomic mass is 10.0. The number of allylic oxidation sites excluding steroid dienone is 5. The van der Waals surface area contributed by atoms with Crippen molar-refractivity contribution in [3.63, 3.8) is 0 Å². The second kappa shape index (κ2) is 43.0. The maximum Gasteiger partial charge on any atom is 0.472 e. The summed E-state index contributed by atoms with van der Waals surface area (Å²) in [4.78, 5) is 23.1. The number of carbonyl (C=O) groups is 1. The molecule has 0 aliphatic carbocycles. The summed E-state index contributed by atoms with van der Waals surface area (Å²) in [5.74, 6) is -0.189. The molecule has 0 heterocycles. The van der Waals surface area contributed by atoms with Crippen LogP contribution in [0.5, 0.6) is 0 Å². The fourth-order valence-electron chi connectivity index (χ4n) is 7.29. The standard InChI is InChI=1S/C51H99N2O6P/c1-6-8-10-12-14-16-17-18-19-20-21-22-23-24-25-26-27-28-29-30-31-32-33-34-35-37-39-41-43-45-51(55)52-49(48-59-60(56,57)58-47-46-53(3,4)5)50(54)44-42-40-38-36-15-13-11-9-7-2/h15,24-25,36,42,44,49-50,54H,6-14,16-23,26-35,37-41,43,45-48H2,1-5H3,(H-,52,55,56,57)/p+1/b25-24-,36-15+,44-42+. The van der Waals surface area contributed by atoms with Crippen molar-refractivity contribution in [2.75, 3.05) is 40.9 Å². The predicted molar refractivity (Wildman–Crippen MR) is 258 cm³/mol. The van der Waals surface area contributed by atoms with Crippen molar-refractivity contribution >= 4 is 13.7 Å². The third-order valence-corrected chi connectivity index (χ3v) is 12.3. The van der Waals surface area contributed by atoms with E-state index in [9.17, 15) is 19.4 Å². The summed E-state index contributed by atoms with van der Waals surface area (Å²) in [6.07, 6.45) is 54.0. The number of carbonyl (C=O) groups excluding carboxylic acids is 1. The molecule has 0 aromatic carbocycles. The van der Waals surface area contributed by atoms with Gasteiger partial charge in [0.15, 0.2) is 0 Å². The fourth-order valence-corrected chi connectivity index (χ4v) is 8.02. The number of hydrogen-bond acceptors (Lipinski definition) is 5. The number of aliphatic hydroxyl groups is 1. The minimum absolute atomic E-state index is 0.0563. The first-order chi connectivity index (χ1) is 29.0. The number of likely N-dealkylation sites (N-methyl/N-ethyl adjacent to an activating group) is 1. The molecule has 0 fully saturated rings. The smallest absolute Gasteiger partial charge is 0.387 e. The van der Waals surface area contributed by atoms with E-state index in [0.29, 0.717) is 17.4 Å². The molecule has 354 valence electrons. The molecule has 0 radical (unpaired) electrons. The number of hydrogen-bond donors (Lipinski definition) is 3. The van der Waals surface area contributed by atoms with Crippen LogP contribution in [-0.4, -0.2) is 73.4 Å². The number of nitrogens with one attached hydrogen (secondary N) is 1. The quantitative estimate of drug-likeness (QED) is 0.0244. The Balaban J connectivity index is 4.03. The zero-order chi connectivity index (χ0) is 44.3. The van der Waals surface area contributed by atoms with E-state index in [1.54, 1.807) is 6.08 Å². The van der Waals surface area contributed by atoms with Gasteiger partial charge in [-0.25, -0.2) is 4.57 Å². The molecule has 0 aliphatic rings. The van der Waals surface area contributed by atoms with E-state index in [1.807, 2.05) is 27.2 Å². The van der Waals surface area contributed by atoms with Crippen LogP contribution in [-0.2, 0) is 18.4 Å². The molecule has 0 aliphatic heterocycles. The molecule has 1 amide bonds. The second-order valence-electron chi connectivity index (χ2n) is 18.5. The molecule has 3 unspecified atom stereocenters. The third-order valence-electron chi connectivity index (χ3n) is 11.3. The highest BCUT2D eigenvalue weighted by molar-refractivity contribution is 7.47. The van der Waals surface area contributed by atoms with Crippen LogP contribution in [0.1, 0.15) is 232 Å². The van der Waals surface area contributed by atoms with Gasteiger partial charge in [-0.1, -0.05) is 204 Å². The van der Waals surface area contributed by atoms with Crippen molar-refractivity contribution in [1.82, 2.24) is 5.32 Å². The normalized spacial score (nSPS) is 14.4. The number of quaternary nitrogens is 1. The van der Waals surface area contributed by atoms with Crippen LogP contribution in [0.15, 0.2) is 36.5 Å². The van der Waals surface area contributed by atoms with E-state index in [-0.39, 0.29) is 19.1 Å². The Morgan fingerprint density at radius 1 is 0.550 bits per heavy atom. The van der Waals surface area contributed by atoms with Gasteiger partial charge in [0.25, 0.3) is 0 Å². The van der Waals surface area contributed by atoms with Crippen molar-refractivity contribution < 1.29 is 32.9 Å². The Hall–Kier alpha value is -1.28. The Morgan fingerprint density at radius 2 is 0.917 bits per heavy atom. The first-order valence-corrected chi connectivity index (χ1v) is 26.9. The second-order valence-corrected chi connectivity index (χ2v) is 20.0. The molecule has 0 bridgehead atoms. The lowest BCUT2D eigenvalue weighted by molar-refractivity contribution is -0.870. The third kappa shape index (κ3) is 44.8. The van der Waals surface area contributed by atoms with Gasteiger partial charge in [0.1, 0.15) is 13.2 Å². The average Bonchev–Trinajstić information content (AvgIpc) is 3.20. The van der Waals surface area contributed by atoms with Crippen LogP contribution in [0.2, 0.25) is 0 Å². The molecule has 0 spiro atoms. The van der Waals surface area contributed by atoms with Gasteiger partial charge >= 0.3 is 7.82 Å². The van der Waals surface area contributed by atoms with Gasteiger partial charge in [-0.15, -0.1) is 0 Å². The molecule has 0 rings (SSSR count). The lowest BCUT2D eigenvalue weighted by Gasteiger charge is -2.25. The summed E-state index contributed by atoms with van der Waals surface area (Å²) >= 11 is 0. The van der Waals surface area contributed by atoms with Crippen LogP contribution in [0.4, 0.5) is 0 Å². The number of phosphoric ester groups is 1. The SMILES string of the molecule is CCCCC/C=C/CC/C=C/C(O)C(COP(=O)(O)OCC[N+](C)(C)C)NC(=O)CCCCCCCCCCCCCCC/C=C\CCCCCCCCCCCCCC. The average molecular weight is 868 g/mol. The van der Waals surface area contributed by atoms with Gasteiger partial charge < -0.3 is 19.8 Å². The van der Waals surface area contributed by atoms with E-state index in [4.69, 9.17) is 9.05 Å². The van der Waals surface area contributed by atoms with Gasteiger partial charge in [0.2, 0.25) is 5.91 Å². The Labute approximate surface area is 372 Å². The van der Waals surface area contributed by atoms with E-state index >= 15 is 0 Å². The molecular weight excluding hydrogens is 768 g/mol. The van der Waals surface area contributed by atoms with Crippen molar-refractivity contribution in [1.29, 1.82) is 0 Å². The highest BCUT2D eigenvalue weighted by Crippen LogP contribution is 2.43. The predicted octanol–water partition coefficient (Wildman–Crippen LogP) is 14.6. The number of phosphoric acid groups is 1. The van der Waals surface area contributed by atoms with Crippen LogP contribution in [0.3, 0.4) is 0 Å². The zero-order valence-corrected chi connectivity index (χ0v) is 41.1. The van der Waals surface area contributed by atoms with Gasteiger partial charge in [0.05, 0.1) is 39.9 Å². The van der Waals surface area contributed by atoms with Crippen LogP contribution in [0, 0.1) is 0 Å². The van der Waals surface area contributed by atoms with Crippen molar-refractivity contribution in [3.05, 3.63) is 36.5 Å². The zero-order valence-electron chi connectivity index (χ0n) is 40.2. The van der Waals surface area contributed by atoms with Crippen molar-refractivity contribution in [2.24, 2.45) is 0 Å². The van der Waals surface area contributed by atoms with Crippen molar-refractivity contribution in [2.45, 2.75) is 244 Å². The highest BCUT2D eigenvalue weighted by Gasteiger charge is 2.27. The summed E-state index contributed by atoms with van der Waals surface area (Å²) in [7, 11) is 1.55. The van der Waals surface area contributed by atoms with Gasteiger partial charge in [-0.3, -0.25) is 13.8 Å². The van der Waals surface area contributed by atoms with E-state index < -0.39 is 20.0 Å². The van der Waals surface area contributed by atoms with E-state index in [0.717, 1.165) is 38.5 Å². The molecule has 3 N–H and O–H groups in total. The van der Waals surface area contributed by atoms with E-state index in [2.05, 4.69) is 43.5 Å². The Kier molecular flexibility index (Phi) is 42.1. The van der Waals surface area contributed by atoms with Crippen LogP contribution in [0.25, 0.3) is 0 Å². The molecule has 3 atom stereocenters. The van der Waals surface area contributed by atoms with Crippen LogP contribution >= 0.6 is 7.82 Å². The van der Waals surface area contributed by atoms with Crippen molar-refractivity contribution in [3.8, 4) is 0 Å². The molecular formula is C51H100N2O6P+. The Morgan fingerprint density at radius 3 is 1.37 bits per heavy atom.